The van der Waals surface area contributed by atoms with Gasteiger partial charge in [-0.25, -0.2) is 4.39 Å². The van der Waals surface area contributed by atoms with Crippen molar-refractivity contribution in [3.05, 3.63) is 65.0 Å². The van der Waals surface area contributed by atoms with Crippen LogP contribution in [0.5, 0.6) is 0 Å². The minimum atomic E-state index is -0.420. The van der Waals surface area contributed by atoms with Gasteiger partial charge in [0, 0.05) is 39.3 Å². The van der Waals surface area contributed by atoms with E-state index >= 15 is 0 Å². The highest BCUT2D eigenvalue weighted by molar-refractivity contribution is 6.23. The summed E-state index contributed by atoms with van der Waals surface area (Å²) in [5.41, 5.74) is 1.88. The van der Waals surface area contributed by atoms with Gasteiger partial charge in [-0.2, -0.15) is 0 Å². The van der Waals surface area contributed by atoms with E-state index in [1.54, 1.807) is 24.3 Å². The molecule has 2 aromatic carbocycles. The fourth-order valence-corrected chi connectivity index (χ4v) is 6.37. The Kier molecular flexibility index (Phi) is 8.19. The molecule has 0 spiro atoms. The van der Waals surface area contributed by atoms with E-state index < -0.39 is 17.6 Å². The summed E-state index contributed by atoms with van der Waals surface area (Å²) < 4.78 is 13.7. The molecule has 2 fully saturated rings. The fraction of sp³-hybridized carbons (Fsp3) is 0.484. The molecule has 0 aromatic heterocycles. The van der Waals surface area contributed by atoms with E-state index in [1.165, 1.54) is 12.1 Å². The largest absolute Gasteiger partial charge is 0.370 e. The van der Waals surface area contributed by atoms with Gasteiger partial charge in [-0.3, -0.25) is 24.1 Å². The van der Waals surface area contributed by atoms with Crippen LogP contribution in [0.15, 0.2) is 42.5 Å². The predicted molar refractivity (Wildman–Crippen MR) is 149 cm³/mol. The minimum Gasteiger partial charge on any atom is -0.370 e. The van der Waals surface area contributed by atoms with E-state index in [1.807, 2.05) is 34.6 Å². The second-order valence-corrected chi connectivity index (χ2v) is 10.9. The lowest BCUT2D eigenvalue weighted by Gasteiger charge is -2.39. The van der Waals surface area contributed by atoms with Crippen LogP contribution in [0, 0.1) is 17.7 Å². The van der Waals surface area contributed by atoms with Crippen LogP contribution in [0.2, 0.25) is 0 Å². The number of anilines is 1. The summed E-state index contributed by atoms with van der Waals surface area (Å²) in [5.74, 6) is -1.45. The highest BCUT2D eigenvalue weighted by atomic mass is 19.1. The minimum absolute atomic E-state index is 0.00695. The highest BCUT2D eigenvalue weighted by Crippen LogP contribution is 2.35. The number of hydrogen-bond acceptors (Lipinski definition) is 5. The quantitative estimate of drug-likeness (QED) is 0.490. The number of nitrogens with zero attached hydrogens (tertiary/aromatic N) is 4. The molecular formula is C31H37FN4O4. The molecule has 212 valence electrons. The molecule has 4 amide bonds. The Hall–Kier alpha value is -3.75. The van der Waals surface area contributed by atoms with Gasteiger partial charge >= 0.3 is 0 Å². The van der Waals surface area contributed by atoms with Crippen molar-refractivity contribution >= 4 is 29.3 Å². The van der Waals surface area contributed by atoms with Crippen LogP contribution in [-0.2, 0) is 16.1 Å². The number of halogens is 1. The van der Waals surface area contributed by atoms with E-state index in [9.17, 15) is 23.6 Å². The Morgan fingerprint density at radius 2 is 1.65 bits per heavy atom. The Morgan fingerprint density at radius 3 is 2.40 bits per heavy atom. The molecular weight excluding hydrogens is 511 g/mol. The molecule has 40 heavy (non-hydrogen) atoms. The molecule has 0 saturated carbocycles. The standard InChI is InChI=1S/C31H37FN4O4/c1-3-33(4-2)28(37)23-11-8-16-35(20-23)29(38)22-10-7-15-34(19-22)26-14-6-13-25-27(26)31(40)36(30(25)39)18-21-9-5-12-24(32)17-21/h5-6,9,12-14,17,22-23H,3-4,7-8,10-11,15-16,18-20H2,1-2H3/t22-,23-/m1/s1. The topological polar surface area (TPSA) is 81.2 Å². The average molecular weight is 549 g/mol. The molecule has 3 aliphatic rings. The molecule has 0 aliphatic carbocycles. The lowest BCUT2D eigenvalue weighted by Crippen LogP contribution is -2.50. The van der Waals surface area contributed by atoms with Crippen molar-refractivity contribution in [1.29, 1.82) is 0 Å². The summed E-state index contributed by atoms with van der Waals surface area (Å²) >= 11 is 0. The van der Waals surface area contributed by atoms with Crippen LogP contribution in [0.1, 0.15) is 65.8 Å². The number of likely N-dealkylation sites (tertiary alicyclic amines) is 1. The molecule has 2 aromatic rings. The van der Waals surface area contributed by atoms with Crippen LogP contribution in [-0.4, -0.2) is 77.6 Å². The molecule has 0 unspecified atom stereocenters. The second kappa shape index (κ2) is 11.8. The maximum atomic E-state index is 13.7. The number of amides is 4. The van der Waals surface area contributed by atoms with Crippen molar-refractivity contribution in [3.63, 3.8) is 0 Å². The van der Waals surface area contributed by atoms with Gasteiger partial charge in [0.2, 0.25) is 11.8 Å². The van der Waals surface area contributed by atoms with Crippen molar-refractivity contribution in [2.45, 2.75) is 46.1 Å². The molecule has 8 nitrogen and oxygen atoms in total. The van der Waals surface area contributed by atoms with Gasteiger partial charge in [0.1, 0.15) is 5.82 Å². The smallest absolute Gasteiger partial charge is 0.263 e. The Labute approximate surface area is 234 Å². The zero-order valence-corrected chi connectivity index (χ0v) is 23.3. The molecule has 5 rings (SSSR count). The van der Waals surface area contributed by atoms with Gasteiger partial charge in [0.15, 0.2) is 0 Å². The highest BCUT2D eigenvalue weighted by Gasteiger charge is 2.40. The summed E-state index contributed by atoms with van der Waals surface area (Å²) in [6, 6.07) is 11.2. The normalized spacial score (nSPS) is 21.0. The van der Waals surface area contributed by atoms with Crippen LogP contribution in [0.4, 0.5) is 10.1 Å². The molecule has 0 radical (unpaired) electrons. The third kappa shape index (κ3) is 5.33. The van der Waals surface area contributed by atoms with Crippen molar-refractivity contribution in [1.82, 2.24) is 14.7 Å². The maximum absolute atomic E-state index is 13.7. The van der Waals surface area contributed by atoms with E-state index in [2.05, 4.69) is 0 Å². The van der Waals surface area contributed by atoms with Gasteiger partial charge in [-0.1, -0.05) is 18.2 Å². The number of hydrogen-bond donors (Lipinski definition) is 0. The zero-order valence-electron chi connectivity index (χ0n) is 23.3. The molecule has 0 N–H and O–H groups in total. The maximum Gasteiger partial charge on any atom is 0.263 e. The van der Waals surface area contributed by atoms with E-state index in [0.29, 0.717) is 61.6 Å². The molecule has 3 aliphatic heterocycles. The third-order valence-electron chi connectivity index (χ3n) is 8.48. The first kappa shape index (κ1) is 27.8. The summed E-state index contributed by atoms with van der Waals surface area (Å²) in [6.45, 7) is 7.51. The lowest BCUT2D eigenvalue weighted by atomic mass is 9.91. The lowest BCUT2D eigenvalue weighted by molar-refractivity contribution is -0.142. The fourth-order valence-electron chi connectivity index (χ4n) is 6.37. The number of carbonyl (C=O) groups excluding carboxylic acids is 4. The molecule has 0 bridgehead atoms. The van der Waals surface area contributed by atoms with Gasteiger partial charge in [-0.15, -0.1) is 0 Å². The Bertz CT molecular complexity index is 1310. The number of imide groups is 1. The first-order valence-electron chi connectivity index (χ1n) is 14.4. The number of piperidine rings is 2. The van der Waals surface area contributed by atoms with E-state index in [4.69, 9.17) is 0 Å². The first-order valence-corrected chi connectivity index (χ1v) is 14.4. The van der Waals surface area contributed by atoms with Gasteiger partial charge in [0.05, 0.1) is 35.2 Å². The van der Waals surface area contributed by atoms with Gasteiger partial charge in [0.25, 0.3) is 11.8 Å². The second-order valence-electron chi connectivity index (χ2n) is 10.9. The summed E-state index contributed by atoms with van der Waals surface area (Å²) in [5, 5.41) is 0. The number of carbonyl (C=O) groups is 4. The Morgan fingerprint density at radius 1 is 0.925 bits per heavy atom. The number of fused-ring (bicyclic) bond motifs is 1. The van der Waals surface area contributed by atoms with E-state index in [0.717, 1.165) is 30.6 Å². The van der Waals surface area contributed by atoms with Crippen LogP contribution in [0.25, 0.3) is 0 Å². The molecule has 3 heterocycles. The number of benzene rings is 2. The van der Waals surface area contributed by atoms with E-state index in [-0.39, 0.29) is 30.2 Å². The van der Waals surface area contributed by atoms with Crippen molar-refractivity contribution in [3.8, 4) is 0 Å². The van der Waals surface area contributed by atoms with Crippen molar-refractivity contribution in [2.24, 2.45) is 11.8 Å². The monoisotopic (exact) mass is 548 g/mol. The molecule has 9 heteroatoms. The van der Waals surface area contributed by atoms with Crippen molar-refractivity contribution < 1.29 is 23.6 Å². The predicted octanol–water partition coefficient (Wildman–Crippen LogP) is 3.95. The first-order chi connectivity index (χ1) is 19.3. The summed E-state index contributed by atoms with van der Waals surface area (Å²) in [4.78, 5) is 60.2. The molecule has 2 atom stereocenters. The SMILES string of the molecule is CCN(CC)C(=O)[C@@H]1CCCN(C(=O)[C@@H]2CCCN(c3cccc4c3C(=O)N(Cc3cccc(F)c3)C4=O)C2)C1. The van der Waals surface area contributed by atoms with Gasteiger partial charge < -0.3 is 14.7 Å². The van der Waals surface area contributed by atoms with Crippen LogP contribution >= 0.6 is 0 Å². The average Bonchev–Trinajstić information content (AvgIpc) is 3.22. The zero-order chi connectivity index (χ0) is 28.4. The Balaban J connectivity index is 1.31. The molecule has 2 saturated heterocycles. The third-order valence-corrected chi connectivity index (χ3v) is 8.48. The summed E-state index contributed by atoms with van der Waals surface area (Å²) in [7, 11) is 0. The van der Waals surface area contributed by atoms with Crippen LogP contribution in [0.3, 0.4) is 0 Å². The van der Waals surface area contributed by atoms with Crippen molar-refractivity contribution in [2.75, 3.05) is 44.2 Å². The van der Waals surface area contributed by atoms with Crippen LogP contribution < -0.4 is 4.90 Å². The summed E-state index contributed by atoms with van der Waals surface area (Å²) in [6.07, 6.45) is 3.14. The number of rotatable bonds is 7. The van der Waals surface area contributed by atoms with Gasteiger partial charge in [-0.05, 0) is 69.4 Å².